The second-order valence-electron chi connectivity index (χ2n) is 4.63. The third kappa shape index (κ3) is 7.97. The van der Waals surface area contributed by atoms with Gasteiger partial charge >= 0.3 is 0 Å². The number of unbranched alkanes of at least 4 members (excludes halogenated alkanes) is 4. The minimum Gasteiger partial charge on any atom is -0.229 e. The minimum atomic E-state index is -2.76. The van der Waals surface area contributed by atoms with Crippen molar-refractivity contribution in [3.05, 3.63) is 35.9 Å². The first kappa shape index (κ1) is 14.2. The number of benzene rings is 1. The molecule has 1 aromatic rings. The van der Waals surface area contributed by atoms with E-state index in [0.29, 0.717) is 5.75 Å². The Hall–Kier alpha value is -0.830. The Morgan fingerprint density at radius 3 is 2.12 bits per heavy atom. The Morgan fingerprint density at radius 1 is 0.882 bits per heavy atom. The van der Waals surface area contributed by atoms with E-state index < -0.39 is 9.84 Å². The fourth-order valence-corrected chi connectivity index (χ4v) is 2.60. The highest BCUT2D eigenvalue weighted by molar-refractivity contribution is 7.90. The lowest BCUT2D eigenvalue weighted by Crippen LogP contribution is -2.02. The van der Waals surface area contributed by atoms with Crippen molar-refractivity contribution in [2.45, 2.75) is 38.5 Å². The summed E-state index contributed by atoms with van der Waals surface area (Å²) < 4.78 is 21.8. The molecule has 0 radical (unpaired) electrons. The normalized spacial score (nSPS) is 11.6. The van der Waals surface area contributed by atoms with Gasteiger partial charge in [0.25, 0.3) is 0 Å². The highest BCUT2D eigenvalue weighted by Gasteiger charge is 2.00. The standard InChI is InChI=1S/C14H22O2S/c1-17(15,16)13-9-4-2-3-6-10-14-11-7-5-8-12-14/h5,7-8,11-12H,2-4,6,9-10,13H2,1H3. The molecular weight excluding hydrogens is 232 g/mol. The zero-order chi connectivity index (χ0) is 12.6. The zero-order valence-electron chi connectivity index (χ0n) is 10.6. The summed E-state index contributed by atoms with van der Waals surface area (Å²) in [5, 5.41) is 0. The molecule has 0 heterocycles. The molecule has 0 atom stereocenters. The van der Waals surface area contributed by atoms with Gasteiger partial charge in [-0.25, -0.2) is 8.42 Å². The quantitative estimate of drug-likeness (QED) is 0.667. The number of hydrogen-bond donors (Lipinski definition) is 0. The molecule has 0 N–H and O–H groups in total. The molecule has 0 aromatic heterocycles. The van der Waals surface area contributed by atoms with E-state index in [1.54, 1.807) is 0 Å². The SMILES string of the molecule is CS(=O)(=O)CCCCCCCc1ccccc1. The van der Waals surface area contributed by atoms with Gasteiger partial charge in [0.05, 0.1) is 0 Å². The lowest BCUT2D eigenvalue weighted by Gasteiger charge is -2.02. The number of sulfone groups is 1. The Labute approximate surface area is 105 Å². The van der Waals surface area contributed by atoms with E-state index in [0.717, 1.165) is 25.7 Å². The van der Waals surface area contributed by atoms with Gasteiger partial charge in [0.1, 0.15) is 9.84 Å². The molecule has 96 valence electrons. The molecule has 17 heavy (non-hydrogen) atoms. The topological polar surface area (TPSA) is 34.1 Å². The molecule has 0 spiro atoms. The molecule has 0 aliphatic carbocycles. The maximum atomic E-state index is 10.9. The average molecular weight is 254 g/mol. The van der Waals surface area contributed by atoms with Crippen molar-refractivity contribution in [3.63, 3.8) is 0 Å². The Balaban J connectivity index is 1.99. The molecule has 0 saturated heterocycles. The smallest absolute Gasteiger partial charge is 0.147 e. The van der Waals surface area contributed by atoms with Crippen LogP contribution in [0, 0.1) is 0 Å². The van der Waals surface area contributed by atoms with Gasteiger partial charge in [-0.1, -0.05) is 49.6 Å². The van der Waals surface area contributed by atoms with Crippen molar-refractivity contribution in [1.29, 1.82) is 0 Å². The predicted molar refractivity (Wildman–Crippen MR) is 72.9 cm³/mol. The van der Waals surface area contributed by atoms with Crippen LogP contribution < -0.4 is 0 Å². The van der Waals surface area contributed by atoms with Crippen molar-refractivity contribution in [2.24, 2.45) is 0 Å². The molecule has 1 aromatic carbocycles. The van der Waals surface area contributed by atoms with Crippen LogP contribution in [0.25, 0.3) is 0 Å². The van der Waals surface area contributed by atoms with Crippen molar-refractivity contribution in [2.75, 3.05) is 12.0 Å². The van der Waals surface area contributed by atoms with Gasteiger partial charge in [-0.15, -0.1) is 0 Å². The van der Waals surface area contributed by atoms with E-state index in [1.807, 2.05) is 6.07 Å². The van der Waals surface area contributed by atoms with Crippen LogP contribution >= 0.6 is 0 Å². The van der Waals surface area contributed by atoms with Crippen LogP contribution in [0.2, 0.25) is 0 Å². The van der Waals surface area contributed by atoms with Gasteiger partial charge in [0.15, 0.2) is 0 Å². The van der Waals surface area contributed by atoms with Gasteiger partial charge in [0, 0.05) is 12.0 Å². The summed E-state index contributed by atoms with van der Waals surface area (Å²) in [6.45, 7) is 0. The van der Waals surface area contributed by atoms with Crippen LogP contribution in [0.5, 0.6) is 0 Å². The minimum absolute atomic E-state index is 0.339. The highest BCUT2D eigenvalue weighted by Crippen LogP contribution is 2.09. The maximum absolute atomic E-state index is 10.9. The third-order valence-corrected chi connectivity index (χ3v) is 3.85. The van der Waals surface area contributed by atoms with Gasteiger partial charge in [-0.3, -0.25) is 0 Å². The summed E-state index contributed by atoms with van der Waals surface area (Å²) in [6.07, 6.45) is 7.81. The van der Waals surface area contributed by atoms with Crippen LogP contribution in [0.15, 0.2) is 30.3 Å². The highest BCUT2D eigenvalue weighted by atomic mass is 32.2. The van der Waals surface area contributed by atoms with Crippen LogP contribution in [-0.4, -0.2) is 20.4 Å². The molecule has 2 nitrogen and oxygen atoms in total. The van der Waals surface area contributed by atoms with E-state index in [2.05, 4.69) is 24.3 Å². The fraction of sp³-hybridized carbons (Fsp3) is 0.571. The summed E-state index contributed by atoms with van der Waals surface area (Å²) in [5.74, 6) is 0.339. The monoisotopic (exact) mass is 254 g/mol. The fourth-order valence-electron chi connectivity index (χ4n) is 1.87. The number of aryl methyl sites for hydroxylation is 1. The average Bonchev–Trinajstić information content (AvgIpc) is 2.28. The summed E-state index contributed by atoms with van der Waals surface area (Å²) in [6, 6.07) is 10.5. The van der Waals surface area contributed by atoms with E-state index in [4.69, 9.17) is 0 Å². The van der Waals surface area contributed by atoms with Crippen molar-refractivity contribution >= 4 is 9.84 Å². The molecule has 0 aliphatic heterocycles. The first-order valence-corrected chi connectivity index (χ1v) is 8.36. The molecule has 0 aliphatic rings. The lowest BCUT2D eigenvalue weighted by molar-refractivity contribution is 0.589. The van der Waals surface area contributed by atoms with Crippen LogP contribution in [-0.2, 0) is 16.3 Å². The van der Waals surface area contributed by atoms with Gasteiger partial charge < -0.3 is 0 Å². The largest absolute Gasteiger partial charge is 0.229 e. The molecule has 0 amide bonds. The molecule has 0 bridgehead atoms. The summed E-state index contributed by atoms with van der Waals surface area (Å²) >= 11 is 0. The van der Waals surface area contributed by atoms with E-state index in [1.165, 1.54) is 24.7 Å². The van der Waals surface area contributed by atoms with Crippen LogP contribution in [0.4, 0.5) is 0 Å². The predicted octanol–water partition coefficient (Wildman–Crippen LogP) is 3.22. The van der Waals surface area contributed by atoms with Gasteiger partial charge in [-0.05, 0) is 24.8 Å². The maximum Gasteiger partial charge on any atom is 0.147 e. The van der Waals surface area contributed by atoms with Gasteiger partial charge in [0.2, 0.25) is 0 Å². The number of hydrogen-bond acceptors (Lipinski definition) is 2. The lowest BCUT2D eigenvalue weighted by atomic mass is 10.1. The number of rotatable bonds is 8. The summed E-state index contributed by atoms with van der Waals surface area (Å²) in [7, 11) is -2.76. The molecule has 3 heteroatoms. The first-order valence-electron chi connectivity index (χ1n) is 6.29. The van der Waals surface area contributed by atoms with E-state index >= 15 is 0 Å². The Kier molecular flexibility index (Phi) is 6.27. The van der Waals surface area contributed by atoms with Crippen molar-refractivity contribution in [1.82, 2.24) is 0 Å². The first-order chi connectivity index (χ1) is 8.08. The second-order valence-corrected chi connectivity index (χ2v) is 6.89. The Morgan fingerprint density at radius 2 is 1.47 bits per heavy atom. The van der Waals surface area contributed by atoms with Crippen molar-refractivity contribution < 1.29 is 8.42 Å². The zero-order valence-corrected chi connectivity index (χ0v) is 11.4. The molecule has 1 rings (SSSR count). The summed E-state index contributed by atoms with van der Waals surface area (Å²) in [4.78, 5) is 0. The molecule has 0 unspecified atom stereocenters. The van der Waals surface area contributed by atoms with E-state index in [9.17, 15) is 8.42 Å². The van der Waals surface area contributed by atoms with Crippen LogP contribution in [0.1, 0.15) is 37.7 Å². The second kappa shape index (κ2) is 7.49. The Bertz CT molecular complexity index is 395. The van der Waals surface area contributed by atoms with Gasteiger partial charge in [-0.2, -0.15) is 0 Å². The summed E-state index contributed by atoms with van der Waals surface area (Å²) in [5.41, 5.74) is 1.39. The molecular formula is C14H22O2S. The molecule has 0 fully saturated rings. The van der Waals surface area contributed by atoms with Crippen molar-refractivity contribution in [3.8, 4) is 0 Å². The van der Waals surface area contributed by atoms with Crippen LogP contribution in [0.3, 0.4) is 0 Å². The third-order valence-electron chi connectivity index (χ3n) is 2.82. The molecule has 0 saturated carbocycles. The van der Waals surface area contributed by atoms with E-state index in [-0.39, 0.29) is 0 Å².